The number of halogens is 1. The number of benzene rings is 1. The monoisotopic (exact) mass is 443 g/mol. The summed E-state index contributed by atoms with van der Waals surface area (Å²) >= 11 is 6.26. The normalized spacial score (nSPS) is 10.9. The molecule has 1 aromatic carbocycles. The number of ether oxygens (including phenoxy) is 1. The van der Waals surface area contributed by atoms with E-state index in [2.05, 4.69) is 25.8 Å². The van der Waals surface area contributed by atoms with Crippen LogP contribution in [0.4, 0.5) is 5.69 Å². The minimum absolute atomic E-state index is 0.00148. The number of carbonyl (C=O) groups excluding carboxylic acids is 1. The molecule has 1 amide bonds. The molecule has 2 heterocycles. The number of tetrazole rings is 1. The van der Waals surface area contributed by atoms with Crippen molar-refractivity contribution in [3.05, 3.63) is 59.1 Å². The van der Waals surface area contributed by atoms with Gasteiger partial charge in [0, 0.05) is 61.3 Å². The van der Waals surface area contributed by atoms with Crippen LogP contribution in [-0.4, -0.2) is 61.7 Å². The van der Waals surface area contributed by atoms with Crippen molar-refractivity contribution in [2.24, 2.45) is 7.05 Å². The lowest BCUT2D eigenvalue weighted by atomic mass is 10.1. The highest BCUT2D eigenvalue weighted by molar-refractivity contribution is 6.31. The quantitative estimate of drug-likeness (QED) is 0.481. The lowest BCUT2D eigenvalue weighted by molar-refractivity contribution is 0.0706. The van der Waals surface area contributed by atoms with E-state index in [1.165, 1.54) is 0 Å². The van der Waals surface area contributed by atoms with Gasteiger partial charge in [-0.1, -0.05) is 11.6 Å². The van der Waals surface area contributed by atoms with Gasteiger partial charge in [-0.25, -0.2) is 4.68 Å². The summed E-state index contributed by atoms with van der Waals surface area (Å²) in [4.78, 5) is 18.9. The van der Waals surface area contributed by atoms with Crippen LogP contribution < -0.4 is 10.1 Å². The number of nitrogens with one attached hydrogen (secondary N) is 1. The Kier molecular flexibility index (Phi) is 7.77. The van der Waals surface area contributed by atoms with Crippen LogP contribution in [0.2, 0.25) is 5.02 Å². The Morgan fingerprint density at radius 2 is 2.03 bits per heavy atom. The predicted molar refractivity (Wildman–Crippen MR) is 118 cm³/mol. The summed E-state index contributed by atoms with van der Waals surface area (Å²) in [5, 5.41) is 15.1. The van der Waals surface area contributed by atoms with Gasteiger partial charge in [-0.05, 0) is 54.6 Å². The molecule has 0 aliphatic rings. The SMILES string of the molecule is CC(C)N(CCc1nnnn1C)C(=O)c1cc(Cl)cc(OCCNc2ccncc2)c1. The molecule has 0 aliphatic heterocycles. The third kappa shape index (κ3) is 6.39. The fourth-order valence-electron chi connectivity index (χ4n) is 3.04. The second-order valence-electron chi connectivity index (χ2n) is 7.25. The van der Waals surface area contributed by atoms with Crippen molar-refractivity contribution in [1.82, 2.24) is 30.1 Å². The van der Waals surface area contributed by atoms with E-state index in [-0.39, 0.29) is 11.9 Å². The molecule has 0 saturated heterocycles. The van der Waals surface area contributed by atoms with Gasteiger partial charge >= 0.3 is 0 Å². The summed E-state index contributed by atoms with van der Waals surface area (Å²) in [5.74, 6) is 1.15. The van der Waals surface area contributed by atoms with Gasteiger partial charge in [0.1, 0.15) is 12.4 Å². The van der Waals surface area contributed by atoms with Crippen molar-refractivity contribution in [2.75, 3.05) is 25.0 Å². The first-order valence-electron chi connectivity index (χ1n) is 10.0. The molecular weight excluding hydrogens is 418 g/mol. The number of nitrogens with zero attached hydrogens (tertiary/aromatic N) is 6. The van der Waals surface area contributed by atoms with Gasteiger partial charge in [0.15, 0.2) is 5.82 Å². The lowest BCUT2D eigenvalue weighted by Gasteiger charge is -2.27. The molecule has 0 atom stereocenters. The number of aryl methyl sites for hydroxylation is 1. The zero-order valence-corrected chi connectivity index (χ0v) is 18.6. The zero-order valence-electron chi connectivity index (χ0n) is 17.8. The summed E-state index contributed by atoms with van der Waals surface area (Å²) in [5.41, 5.74) is 1.45. The first kappa shape index (κ1) is 22.5. The maximum absolute atomic E-state index is 13.2. The molecule has 2 aromatic heterocycles. The van der Waals surface area contributed by atoms with Gasteiger partial charge in [0.25, 0.3) is 5.91 Å². The van der Waals surface area contributed by atoms with Crippen molar-refractivity contribution in [3.8, 4) is 5.75 Å². The van der Waals surface area contributed by atoms with Crippen molar-refractivity contribution in [1.29, 1.82) is 0 Å². The zero-order chi connectivity index (χ0) is 22.2. The highest BCUT2D eigenvalue weighted by Crippen LogP contribution is 2.23. The molecule has 1 N–H and O–H groups in total. The number of aromatic nitrogens is 5. The topological polar surface area (TPSA) is 98.1 Å². The minimum atomic E-state index is -0.118. The van der Waals surface area contributed by atoms with E-state index >= 15 is 0 Å². The first-order chi connectivity index (χ1) is 14.9. The van der Waals surface area contributed by atoms with Gasteiger partial charge in [-0.2, -0.15) is 0 Å². The van der Waals surface area contributed by atoms with E-state index < -0.39 is 0 Å². The molecule has 10 heteroatoms. The van der Waals surface area contributed by atoms with Crippen LogP contribution in [0.15, 0.2) is 42.7 Å². The van der Waals surface area contributed by atoms with Gasteiger partial charge in [-0.3, -0.25) is 9.78 Å². The van der Waals surface area contributed by atoms with Crippen molar-refractivity contribution in [2.45, 2.75) is 26.3 Å². The number of carbonyl (C=O) groups is 1. The molecule has 3 aromatic rings. The summed E-state index contributed by atoms with van der Waals surface area (Å²) in [6, 6.07) is 8.85. The number of amides is 1. The van der Waals surface area contributed by atoms with Crippen LogP contribution in [0.3, 0.4) is 0 Å². The minimum Gasteiger partial charge on any atom is -0.492 e. The molecule has 0 spiro atoms. The molecule has 3 rings (SSSR count). The Bertz CT molecular complexity index is 994. The summed E-state index contributed by atoms with van der Waals surface area (Å²) < 4.78 is 7.42. The third-order valence-electron chi connectivity index (χ3n) is 4.67. The van der Waals surface area contributed by atoms with E-state index in [9.17, 15) is 4.79 Å². The van der Waals surface area contributed by atoms with Gasteiger partial charge in [0.05, 0.1) is 0 Å². The molecule has 0 unspecified atom stereocenters. The van der Waals surface area contributed by atoms with Crippen LogP contribution in [-0.2, 0) is 13.5 Å². The fourth-order valence-corrected chi connectivity index (χ4v) is 3.27. The van der Waals surface area contributed by atoms with Crippen LogP contribution >= 0.6 is 11.6 Å². The number of pyridine rings is 1. The largest absolute Gasteiger partial charge is 0.492 e. The molecule has 0 fully saturated rings. The van der Waals surface area contributed by atoms with Crippen LogP contribution in [0, 0.1) is 0 Å². The number of hydrogen-bond donors (Lipinski definition) is 1. The maximum atomic E-state index is 13.2. The smallest absolute Gasteiger partial charge is 0.254 e. The Balaban J connectivity index is 1.62. The third-order valence-corrected chi connectivity index (χ3v) is 4.89. The van der Waals surface area contributed by atoms with Gasteiger partial charge in [-0.15, -0.1) is 5.10 Å². The van der Waals surface area contributed by atoms with Crippen LogP contribution in [0.1, 0.15) is 30.0 Å². The highest BCUT2D eigenvalue weighted by Gasteiger charge is 2.21. The summed E-state index contributed by atoms with van der Waals surface area (Å²) in [7, 11) is 1.78. The molecular formula is C21H26ClN7O2. The average molecular weight is 444 g/mol. The highest BCUT2D eigenvalue weighted by atomic mass is 35.5. The van der Waals surface area contributed by atoms with Crippen molar-refractivity contribution < 1.29 is 9.53 Å². The van der Waals surface area contributed by atoms with E-state index in [4.69, 9.17) is 16.3 Å². The van der Waals surface area contributed by atoms with Crippen LogP contribution in [0.25, 0.3) is 0 Å². The molecule has 0 saturated carbocycles. The summed E-state index contributed by atoms with van der Waals surface area (Å²) in [6.07, 6.45) is 4.00. The Hall–Kier alpha value is -3.20. The molecule has 0 radical (unpaired) electrons. The number of rotatable bonds is 10. The van der Waals surface area contributed by atoms with Gasteiger partial charge < -0.3 is 15.0 Å². The molecule has 164 valence electrons. The molecule has 0 bridgehead atoms. The molecule has 31 heavy (non-hydrogen) atoms. The van der Waals surface area contributed by atoms with Crippen LogP contribution in [0.5, 0.6) is 5.75 Å². The Morgan fingerprint density at radius 3 is 2.71 bits per heavy atom. The number of hydrogen-bond acceptors (Lipinski definition) is 7. The standard InChI is InChI=1S/C21H26ClN7O2/c1-15(2)29(10-6-20-25-26-27-28(20)3)21(30)16-12-17(22)14-19(13-16)31-11-9-24-18-4-7-23-8-5-18/h4-5,7-8,12-15H,6,9-11H2,1-3H3,(H,23,24). The number of anilines is 1. The van der Waals surface area contributed by atoms with Crippen molar-refractivity contribution in [3.63, 3.8) is 0 Å². The predicted octanol–water partition coefficient (Wildman–Crippen LogP) is 2.84. The lowest BCUT2D eigenvalue weighted by Crippen LogP contribution is -2.38. The second kappa shape index (κ2) is 10.7. The fraction of sp³-hybridized carbons (Fsp3) is 0.381. The van der Waals surface area contributed by atoms with E-state index in [1.54, 1.807) is 47.2 Å². The Labute approximate surface area is 186 Å². The average Bonchev–Trinajstić information content (AvgIpc) is 3.16. The van der Waals surface area contributed by atoms with E-state index in [0.29, 0.717) is 42.5 Å². The van der Waals surface area contributed by atoms with Gasteiger partial charge in [0.2, 0.25) is 0 Å². The van der Waals surface area contributed by atoms with E-state index in [1.807, 2.05) is 26.0 Å². The maximum Gasteiger partial charge on any atom is 0.254 e. The van der Waals surface area contributed by atoms with Crippen molar-refractivity contribution >= 4 is 23.2 Å². The summed E-state index contributed by atoms with van der Waals surface area (Å²) in [6.45, 7) is 5.45. The second-order valence-corrected chi connectivity index (χ2v) is 7.68. The van der Waals surface area contributed by atoms with E-state index in [0.717, 1.165) is 11.5 Å². The molecule has 0 aliphatic carbocycles. The Morgan fingerprint density at radius 1 is 1.26 bits per heavy atom. The molecule has 9 nitrogen and oxygen atoms in total. The first-order valence-corrected chi connectivity index (χ1v) is 10.4.